The predicted octanol–water partition coefficient (Wildman–Crippen LogP) is 2.58. The number of hydrogen-bond donors (Lipinski definition) is 0. The molecule has 0 aliphatic rings. The van der Waals surface area contributed by atoms with Gasteiger partial charge in [-0.05, 0) is 23.1 Å². The van der Waals surface area contributed by atoms with Crippen LogP contribution in [0, 0.1) is 12.1 Å². The van der Waals surface area contributed by atoms with E-state index in [9.17, 15) is 0 Å². The van der Waals surface area contributed by atoms with E-state index in [1.807, 2.05) is 12.1 Å². The fraction of sp³-hybridized carbons (Fsp3) is 0.400. The zero-order valence-electron chi connectivity index (χ0n) is 6.73. The van der Waals surface area contributed by atoms with Crippen molar-refractivity contribution in [3.05, 3.63) is 35.9 Å². The third-order valence-electron chi connectivity index (χ3n) is 1.46. The summed E-state index contributed by atoms with van der Waals surface area (Å²) in [6.45, 7) is 6.52. The Hall–Kier alpha value is -0.780. The van der Waals surface area contributed by atoms with Crippen molar-refractivity contribution in [1.82, 2.24) is 0 Å². The molecule has 0 heterocycles. The number of hydrogen-bond acceptors (Lipinski definition) is 0. The van der Waals surface area contributed by atoms with Crippen molar-refractivity contribution >= 4 is 0 Å². The SMILES string of the molecule is CC(C)(C)c1[c][c]ccc1. The maximum atomic E-state index is 3.08. The van der Waals surface area contributed by atoms with Crippen molar-refractivity contribution < 1.29 is 0 Å². The first-order chi connectivity index (χ1) is 4.61. The topological polar surface area (TPSA) is 0 Å². The molecule has 0 amide bonds. The van der Waals surface area contributed by atoms with Crippen LogP contribution in [-0.2, 0) is 5.41 Å². The van der Waals surface area contributed by atoms with E-state index in [0.717, 1.165) is 0 Å². The maximum absolute atomic E-state index is 3.08. The lowest BCUT2D eigenvalue weighted by atomic mass is 9.87. The Morgan fingerprint density at radius 1 is 1.30 bits per heavy atom. The van der Waals surface area contributed by atoms with E-state index < -0.39 is 0 Å². The van der Waals surface area contributed by atoms with Gasteiger partial charge in [0.2, 0.25) is 0 Å². The van der Waals surface area contributed by atoms with E-state index >= 15 is 0 Å². The Kier molecular flexibility index (Phi) is 1.80. The summed E-state index contributed by atoms with van der Waals surface area (Å²) >= 11 is 0. The lowest BCUT2D eigenvalue weighted by Gasteiger charge is -2.17. The molecular formula is C10H12. The minimum atomic E-state index is 0.206. The zero-order valence-corrected chi connectivity index (χ0v) is 6.73. The minimum Gasteiger partial charge on any atom is -0.0613 e. The van der Waals surface area contributed by atoms with Gasteiger partial charge in [0.15, 0.2) is 0 Å². The van der Waals surface area contributed by atoms with Gasteiger partial charge in [-0.2, -0.15) is 0 Å². The van der Waals surface area contributed by atoms with Crippen LogP contribution in [-0.4, -0.2) is 0 Å². The zero-order chi connectivity index (χ0) is 7.61. The summed E-state index contributed by atoms with van der Waals surface area (Å²) in [5, 5.41) is 0. The van der Waals surface area contributed by atoms with E-state index in [1.165, 1.54) is 5.56 Å². The van der Waals surface area contributed by atoms with Crippen LogP contribution in [0.25, 0.3) is 0 Å². The molecule has 1 rings (SSSR count). The van der Waals surface area contributed by atoms with Gasteiger partial charge in [-0.3, -0.25) is 0 Å². The van der Waals surface area contributed by atoms with E-state index in [-0.39, 0.29) is 5.41 Å². The van der Waals surface area contributed by atoms with Crippen LogP contribution in [0.1, 0.15) is 26.3 Å². The van der Waals surface area contributed by atoms with Gasteiger partial charge < -0.3 is 0 Å². The van der Waals surface area contributed by atoms with Crippen molar-refractivity contribution in [2.24, 2.45) is 0 Å². The van der Waals surface area contributed by atoms with Crippen molar-refractivity contribution in [3.63, 3.8) is 0 Å². The molecule has 10 heavy (non-hydrogen) atoms. The standard InChI is InChI=1S/C10H12/c1-10(2,3)9-7-5-4-6-8-9/h4-5,7H,1-3H3. The molecule has 0 atom stereocenters. The largest absolute Gasteiger partial charge is 0.0613 e. The molecule has 0 N–H and O–H groups in total. The van der Waals surface area contributed by atoms with Crippen LogP contribution in [0.15, 0.2) is 18.2 Å². The molecule has 0 nitrogen and oxygen atoms in total. The third kappa shape index (κ3) is 1.60. The second-order valence-corrected chi connectivity index (χ2v) is 3.46. The molecule has 1 aromatic carbocycles. The van der Waals surface area contributed by atoms with Crippen LogP contribution in [0.3, 0.4) is 0 Å². The molecule has 0 aliphatic heterocycles. The first-order valence-electron chi connectivity index (χ1n) is 3.49. The Morgan fingerprint density at radius 2 is 2.00 bits per heavy atom. The fourth-order valence-corrected chi connectivity index (χ4v) is 0.791. The van der Waals surface area contributed by atoms with E-state index in [4.69, 9.17) is 0 Å². The average molecular weight is 132 g/mol. The molecule has 0 spiro atoms. The summed E-state index contributed by atoms with van der Waals surface area (Å²) in [6.07, 6.45) is 0. The third-order valence-corrected chi connectivity index (χ3v) is 1.46. The Bertz CT molecular complexity index is 191. The number of rotatable bonds is 0. The Morgan fingerprint density at radius 3 is 2.30 bits per heavy atom. The smallest absolute Gasteiger partial charge is 0.00585 e. The lowest BCUT2D eigenvalue weighted by Crippen LogP contribution is -2.10. The van der Waals surface area contributed by atoms with Crippen molar-refractivity contribution in [1.29, 1.82) is 0 Å². The fourth-order valence-electron chi connectivity index (χ4n) is 0.791. The second-order valence-electron chi connectivity index (χ2n) is 3.46. The quantitative estimate of drug-likeness (QED) is 0.509. The van der Waals surface area contributed by atoms with Gasteiger partial charge >= 0.3 is 0 Å². The summed E-state index contributed by atoms with van der Waals surface area (Å²) in [6, 6.07) is 12.0. The predicted molar refractivity (Wildman–Crippen MR) is 42.8 cm³/mol. The van der Waals surface area contributed by atoms with Crippen LogP contribution < -0.4 is 0 Å². The van der Waals surface area contributed by atoms with Crippen LogP contribution in [0.2, 0.25) is 0 Å². The molecule has 2 radical (unpaired) electrons. The van der Waals surface area contributed by atoms with Gasteiger partial charge in [-0.1, -0.05) is 39.0 Å². The molecule has 0 aromatic heterocycles. The first kappa shape index (κ1) is 7.33. The average Bonchev–Trinajstić information content (AvgIpc) is 1.88. The van der Waals surface area contributed by atoms with Crippen molar-refractivity contribution in [2.75, 3.05) is 0 Å². The molecule has 1 aromatic rings. The molecule has 0 heteroatoms. The van der Waals surface area contributed by atoms with Gasteiger partial charge in [0, 0.05) is 0 Å². The van der Waals surface area contributed by atoms with Gasteiger partial charge in [-0.25, -0.2) is 0 Å². The van der Waals surface area contributed by atoms with Gasteiger partial charge in [-0.15, -0.1) is 0 Å². The normalized spacial score (nSPS) is 11.5. The second kappa shape index (κ2) is 2.45. The molecule has 0 aliphatic carbocycles. The Balaban J connectivity index is 2.97. The molecular weight excluding hydrogens is 120 g/mol. The van der Waals surface area contributed by atoms with Crippen LogP contribution in [0.5, 0.6) is 0 Å². The summed E-state index contributed by atoms with van der Waals surface area (Å²) in [7, 11) is 0. The van der Waals surface area contributed by atoms with Crippen molar-refractivity contribution in [2.45, 2.75) is 26.2 Å². The van der Waals surface area contributed by atoms with Crippen molar-refractivity contribution in [3.8, 4) is 0 Å². The highest BCUT2D eigenvalue weighted by atomic mass is 14.2. The minimum absolute atomic E-state index is 0.206. The van der Waals surface area contributed by atoms with E-state index in [1.54, 1.807) is 0 Å². The highest BCUT2D eigenvalue weighted by molar-refractivity contribution is 5.19. The van der Waals surface area contributed by atoms with E-state index in [0.29, 0.717) is 0 Å². The number of benzene rings is 1. The highest BCUT2D eigenvalue weighted by Crippen LogP contribution is 2.19. The lowest BCUT2D eigenvalue weighted by molar-refractivity contribution is 0.589. The first-order valence-corrected chi connectivity index (χ1v) is 3.49. The van der Waals surface area contributed by atoms with Crippen LogP contribution in [0.4, 0.5) is 0 Å². The molecule has 0 saturated heterocycles. The molecule has 0 bridgehead atoms. The summed E-state index contributed by atoms with van der Waals surface area (Å²) in [5.41, 5.74) is 1.42. The maximum Gasteiger partial charge on any atom is -0.00585 e. The van der Waals surface area contributed by atoms with Crippen LogP contribution >= 0.6 is 0 Å². The monoisotopic (exact) mass is 132 g/mol. The highest BCUT2D eigenvalue weighted by Gasteiger charge is 2.11. The molecule has 0 saturated carbocycles. The van der Waals surface area contributed by atoms with E-state index in [2.05, 4.69) is 39.0 Å². The summed E-state index contributed by atoms with van der Waals surface area (Å²) in [4.78, 5) is 0. The summed E-state index contributed by atoms with van der Waals surface area (Å²) in [5.74, 6) is 0. The summed E-state index contributed by atoms with van der Waals surface area (Å²) < 4.78 is 0. The molecule has 0 fully saturated rings. The van der Waals surface area contributed by atoms with Gasteiger partial charge in [0.05, 0.1) is 0 Å². The van der Waals surface area contributed by atoms with Gasteiger partial charge in [0.1, 0.15) is 0 Å². The molecule has 52 valence electrons. The molecule has 0 unspecified atom stereocenters. The van der Waals surface area contributed by atoms with Gasteiger partial charge in [0.25, 0.3) is 0 Å². The Labute approximate surface area is 62.9 Å².